The fourth-order valence-electron chi connectivity index (χ4n) is 2.19. The SMILES string of the molecule is CCOCn1cc(NC(=O)c2ccc(COc3ccc(F)cc3F)o2)cn1. The van der Waals surface area contributed by atoms with Gasteiger partial charge in [-0.1, -0.05) is 0 Å². The van der Waals surface area contributed by atoms with Gasteiger partial charge in [0.15, 0.2) is 17.3 Å². The van der Waals surface area contributed by atoms with Crippen molar-refractivity contribution in [2.45, 2.75) is 20.3 Å². The molecule has 0 unspecified atom stereocenters. The molecule has 3 aromatic rings. The van der Waals surface area contributed by atoms with Crippen LogP contribution in [0.15, 0.2) is 47.1 Å². The van der Waals surface area contributed by atoms with Gasteiger partial charge >= 0.3 is 0 Å². The first-order valence-electron chi connectivity index (χ1n) is 8.13. The molecule has 0 aliphatic rings. The van der Waals surface area contributed by atoms with Crippen molar-refractivity contribution in [3.8, 4) is 5.75 Å². The van der Waals surface area contributed by atoms with E-state index in [-0.39, 0.29) is 24.8 Å². The van der Waals surface area contributed by atoms with E-state index >= 15 is 0 Å². The van der Waals surface area contributed by atoms with Gasteiger partial charge in [0.1, 0.15) is 24.9 Å². The molecule has 0 saturated carbocycles. The molecule has 0 aliphatic carbocycles. The van der Waals surface area contributed by atoms with Crippen LogP contribution in [-0.2, 0) is 18.1 Å². The highest BCUT2D eigenvalue weighted by Gasteiger charge is 2.13. The minimum atomic E-state index is -0.816. The lowest BCUT2D eigenvalue weighted by molar-refractivity contribution is 0.0792. The van der Waals surface area contributed by atoms with Gasteiger partial charge in [-0.05, 0) is 31.2 Å². The maximum Gasteiger partial charge on any atom is 0.291 e. The molecule has 1 amide bonds. The summed E-state index contributed by atoms with van der Waals surface area (Å²) in [6, 6.07) is 6.00. The summed E-state index contributed by atoms with van der Waals surface area (Å²) >= 11 is 0. The number of benzene rings is 1. The first-order chi connectivity index (χ1) is 13.0. The first-order valence-corrected chi connectivity index (χ1v) is 8.13. The molecule has 7 nitrogen and oxygen atoms in total. The zero-order valence-corrected chi connectivity index (χ0v) is 14.4. The second-order valence-corrected chi connectivity index (χ2v) is 5.47. The number of anilines is 1. The number of carbonyl (C=O) groups excluding carboxylic acids is 1. The van der Waals surface area contributed by atoms with Gasteiger partial charge in [-0.2, -0.15) is 5.10 Å². The van der Waals surface area contributed by atoms with Crippen molar-refractivity contribution in [3.63, 3.8) is 0 Å². The number of nitrogens with one attached hydrogen (secondary N) is 1. The molecule has 2 aromatic heterocycles. The van der Waals surface area contributed by atoms with Crippen molar-refractivity contribution in [3.05, 3.63) is 65.9 Å². The van der Waals surface area contributed by atoms with Crippen LogP contribution in [0.5, 0.6) is 5.75 Å². The number of rotatable bonds is 8. The Balaban J connectivity index is 1.56. The molecule has 1 aromatic carbocycles. The highest BCUT2D eigenvalue weighted by Crippen LogP contribution is 2.20. The summed E-state index contributed by atoms with van der Waals surface area (Å²) in [5, 5.41) is 6.69. The van der Waals surface area contributed by atoms with Crippen molar-refractivity contribution < 1.29 is 27.5 Å². The monoisotopic (exact) mass is 377 g/mol. The number of halogens is 2. The minimum absolute atomic E-state index is 0.0609. The van der Waals surface area contributed by atoms with Gasteiger partial charge in [0.2, 0.25) is 0 Å². The molecule has 0 saturated heterocycles. The number of hydrogen-bond acceptors (Lipinski definition) is 5. The Labute approximate surface area is 153 Å². The molecule has 1 N–H and O–H groups in total. The summed E-state index contributed by atoms with van der Waals surface area (Å²) in [6.45, 7) is 2.60. The Hall–Kier alpha value is -3.20. The molecule has 27 heavy (non-hydrogen) atoms. The van der Waals surface area contributed by atoms with Gasteiger partial charge in [-0.25, -0.2) is 13.5 Å². The predicted molar refractivity (Wildman–Crippen MR) is 91.2 cm³/mol. The molecule has 142 valence electrons. The number of furan rings is 1. The minimum Gasteiger partial charge on any atom is -0.483 e. The third kappa shape index (κ3) is 4.91. The van der Waals surface area contributed by atoms with Gasteiger partial charge in [-0.15, -0.1) is 0 Å². The normalized spacial score (nSPS) is 10.8. The lowest BCUT2D eigenvalue weighted by Gasteiger charge is -2.05. The summed E-state index contributed by atoms with van der Waals surface area (Å²) < 4.78 is 43.8. The zero-order valence-electron chi connectivity index (χ0n) is 14.4. The van der Waals surface area contributed by atoms with E-state index in [4.69, 9.17) is 13.9 Å². The highest BCUT2D eigenvalue weighted by atomic mass is 19.1. The second kappa shape index (κ2) is 8.45. The quantitative estimate of drug-likeness (QED) is 0.649. The first kappa shape index (κ1) is 18.6. The smallest absolute Gasteiger partial charge is 0.291 e. The number of carbonyl (C=O) groups is 1. The molecule has 2 heterocycles. The molecule has 0 spiro atoms. The summed E-state index contributed by atoms with van der Waals surface area (Å²) in [6.07, 6.45) is 3.11. The van der Waals surface area contributed by atoms with Gasteiger partial charge in [0.25, 0.3) is 5.91 Å². The summed E-state index contributed by atoms with van der Waals surface area (Å²) in [7, 11) is 0. The molecular formula is C18H17F2N3O4. The van der Waals surface area contributed by atoms with Gasteiger partial charge in [-0.3, -0.25) is 4.79 Å². The van der Waals surface area contributed by atoms with Crippen LogP contribution in [0, 0.1) is 11.6 Å². The fraction of sp³-hybridized carbons (Fsp3) is 0.222. The molecule has 0 atom stereocenters. The van der Waals surface area contributed by atoms with Crippen LogP contribution in [0.25, 0.3) is 0 Å². The van der Waals surface area contributed by atoms with Crippen LogP contribution in [0.1, 0.15) is 23.2 Å². The maximum absolute atomic E-state index is 13.5. The Morgan fingerprint density at radius 1 is 1.30 bits per heavy atom. The Morgan fingerprint density at radius 3 is 2.93 bits per heavy atom. The summed E-state index contributed by atoms with van der Waals surface area (Å²) in [5.74, 6) is -1.71. The van der Waals surface area contributed by atoms with Crippen LogP contribution in [0.2, 0.25) is 0 Å². The maximum atomic E-state index is 13.5. The largest absolute Gasteiger partial charge is 0.483 e. The molecule has 3 rings (SSSR count). The number of hydrogen-bond donors (Lipinski definition) is 1. The fourth-order valence-corrected chi connectivity index (χ4v) is 2.19. The van der Waals surface area contributed by atoms with Crippen LogP contribution in [0.3, 0.4) is 0 Å². The molecular weight excluding hydrogens is 360 g/mol. The topological polar surface area (TPSA) is 78.5 Å². The Morgan fingerprint density at radius 2 is 2.15 bits per heavy atom. The van der Waals surface area contributed by atoms with Crippen molar-refractivity contribution in [1.82, 2.24) is 9.78 Å². The van der Waals surface area contributed by atoms with E-state index in [1.54, 1.807) is 6.20 Å². The average molecular weight is 377 g/mol. The molecule has 0 bridgehead atoms. The van der Waals surface area contributed by atoms with Gasteiger partial charge in [0, 0.05) is 12.7 Å². The van der Waals surface area contributed by atoms with Crippen LogP contribution < -0.4 is 10.1 Å². The number of ether oxygens (including phenoxy) is 2. The summed E-state index contributed by atoms with van der Waals surface area (Å²) in [4.78, 5) is 12.2. The lowest BCUT2D eigenvalue weighted by Crippen LogP contribution is -2.10. The van der Waals surface area contributed by atoms with Crippen molar-refractivity contribution in [2.75, 3.05) is 11.9 Å². The van der Waals surface area contributed by atoms with E-state index in [9.17, 15) is 13.6 Å². The average Bonchev–Trinajstić information content (AvgIpc) is 3.28. The van der Waals surface area contributed by atoms with Crippen LogP contribution >= 0.6 is 0 Å². The van der Waals surface area contributed by atoms with Crippen LogP contribution in [0.4, 0.5) is 14.5 Å². The lowest BCUT2D eigenvalue weighted by atomic mass is 10.3. The van der Waals surface area contributed by atoms with E-state index in [1.807, 2.05) is 6.92 Å². The van der Waals surface area contributed by atoms with E-state index in [0.717, 1.165) is 12.1 Å². The second-order valence-electron chi connectivity index (χ2n) is 5.47. The third-order valence-electron chi connectivity index (χ3n) is 3.47. The summed E-state index contributed by atoms with van der Waals surface area (Å²) in [5.41, 5.74) is 0.488. The number of amides is 1. The Kier molecular flexibility index (Phi) is 5.82. The van der Waals surface area contributed by atoms with Gasteiger partial charge < -0.3 is 19.2 Å². The van der Waals surface area contributed by atoms with Gasteiger partial charge in [0.05, 0.1) is 18.1 Å². The molecule has 9 heteroatoms. The van der Waals surface area contributed by atoms with Crippen molar-refractivity contribution in [2.24, 2.45) is 0 Å². The van der Waals surface area contributed by atoms with E-state index < -0.39 is 17.5 Å². The highest BCUT2D eigenvalue weighted by molar-refractivity contribution is 6.02. The van der Waals surface area contributed by atoms with Crippen molar-refractivity contribution in [1.29, 1.82) is 0 Å². The standard InChI is InChI=1S/C18H17F2N3O4/c1-2-25-11-23-9-13(8-21-23)22-18(24)17-6-4-14(27-17)10-26-16-5-3-12(19)7-15(16)20/h3-9H,2,10-11H2,1H3,(H,22,24). The predicted octanol–water partition coefficient (Wildman–Crippen LogP) is 3.58. The molecule has 0 fully saturated rings. The van der Waals surface area contributed by atoms with E-state index in [0.29, 0.717) is 18.1 Å². The van der Waals surface area contributed by atoms with E-state index in [1.165, 1.54) is 29.1 Å². The van der Waals surface area contributed by atoms with Crippen molar-refractivity contribution >= 4 is 11.6 Å². The van der Waals surface area contributed by atoms with Crippen LogP contribution in [-0.4, -0.2) is 22.3 Å². The third-order valence-corrected chi connectivity index (χ3v) is 3.47. The molecule has 0 aliphatic heterocycles. The Bertz CT molecular complexity index is 923. The van der Waals surface area contributed by atoms with E-state index in [2.05, 4.69) is 10.4 Å². The zero-order chi connectivity index (χ0) is 19.2. The number of nitrogens with zero attached hydrogens (tertiary/aromatic N) is 2. The molecule has 0 radical (unpaired) electrons. The number of aromatic nitrogens is 2.